The van der Waals surface area contributed by atoms with Gasteiger partial charge in [0.2, 0.25) is 0 Å². The molecule has 0 spiro atoms. The molecule has 1 N–H and O–H groups in total. The highest BCUT2D eigenvalue weighted by Gasteiger charge is 2.14. The van der Waals surface area contributed by atoms with Crippen molar-refractivity contribution in [2.24, 2.45) is 0 Å². The molecule has 0 saturated heterocycles. The minimum absolute atomic E-state index is 0.248. The Bertz CT molecular complexity index is 599. The van der Waals surface area contributed by atoms with Gasteiger partial charge in [0.05, 0.1) is 10.7 Å². The van der Waals surface area contributed by atoms with Crippen LogP contribution in [0.25, 0.3) is 0 Å². The van der Waals surface area contributed by atoms with Gasteiger partial charge >= 0.3 is 0 Å². The molecule has 1 aromatic carbocycles. The normalized spacial score (nSPS) is 12.5. The average Bonchev–Trinajstić information content (AvgIpc) is 2.49. The summed E-state index contributed by atoms with van der Waals surface area (Å²) >= 11 is 12.2. The lowest BCUT2D eigenvalue weighted by atomic mass is 10.1. The van der Waals surface area contributed by atoms with Crippen molar-refractivity contribution >= 4 is 29.0 Å². The third-order valence-corrected chi connectivity index (χ3v) is 4.18. The summed E-state index contributed by atoms with van der Waals surface area (Å²) < 4.78 is 0. The fourth-order valence-corrected chi connectivity index (χ4v) is 2.39. The predicted molar refractivity (Wildman–Crippen MR) is 90.1 cm³/mol. The van der Waals surface area contributed by atoms with Gasteiger partial charge in [-0.2, -0.15) is 0 Å². The van der Waals surface area contributed by atoms with Gasteiger partial charge in [-0.05, 0) is 43.8 Å². The van der Waals surface area contributed by atoms with Crippen LogP contribution in [0.15, 0.2) is 36.4 Å². The minimum atomic E-state index is 0.248. The average molecular weight is 324 g/mol. The van der Waals surface area contributed by atoms with Crippen LogP contribution in [0.4, 0.5) is 5.82 Å². The van der Waals surface area contributed by atoms with Crippen molar-refractivity contribution in [1.82, 2.24) is 9.88 Å². The summed E-state index contributed by atoms with van der Waals surface area (Å²) in [6, 6.07) is 11.9. The van der Waals surface area contributed by atoms with E-state index in [-0.39, 0.29) is 6.04 Å². The summed E-state index contributed by atoms with van der Waals surface area (Å²) in [5.74, 6) is 0.821. The molecule has 0 radical (unpaired) electrons. The van der Waals surface area contributed by atoms with Crippen LogP contribution < -0.4 is 5.32 Å². The Labute approximate surface area is 135 Å². The third-order valence-electron chi connectivity index (χ3n) is 3.59. The van der Waals surface area contributed by atoms with E-state index in [0.717, 1.165) is 16.5 Å². The second kappa shape index (κ2) is 7.12. The summed E-state index contributed by atoms with van der Waals surface area (Å²) in [6.07, 6.45) is 0. The molecule has 21 heavy (non-hydrogen) atoms. The van der Waals surface area contributed by atoms with Crippen LogP contribution >= 0.6 is 23.2 Å². The van der Waals surface area contributed by atoms with Crippen molar-refractivity contribution in [3.05, 3.63) is 57.7 Å². The maximum Gasteiger partial charge on any atom is 0.126 e. The van der Waals surface area contributed by atoms with Crippen LogP contribution in [0.5, 0.6) is 0 Å². The van der Waals surface area contributed by atoms with E-state index >= 15 is 0 Å². The Morgan fingerprint density at radius 1 is 1.14 bits per heavy atom. The van der Waals surface area contributed by atoms with Crippen molar-refractivity contribution in [2.45, 2.75) is 19.5 Å². The maximum absolute atomic E-state index is 6.23. The Morgan fingerprint density at radius 3 is 2.43 bits per heavy atom. The van der Waals surface area contributed by atoms with Crippen LogP contribution in [-0.2, 0) is 6.54 Å². The van der Waals surface area contributed by atoms with Gasteiger partial charge in [0.25, 0.3) is 0 Å². The van der Waals surface area contributed by atoms with E-state index in [1.54, 1.807) is 0 Å². The van der Waals surface area contributed by atoms with Gasteiger partial charge in [0.15, 0.2) is 0 Å². The zero-order chi connectivity index (χ0) is 15.4. The molecule has 5 heteroatoms. The summed E-state index contributed by atoms with van der Waals surface area (Å²) in [5.41, 5.74) is 2.08. The molecule has 0 bridgehead atoms. The molecule has 0 aliphatic carbocycles. The molecule has 112 valence electrons. The number of nitrogens with one attached hydrogen (secondary N) is 1. The summed E-state index contributed by atoms with van der Waals surface area (Å²) in [4.78, 5) is 6.72. The molecule has 1 heterocycles. The molecule has 0 amide bonds. The zero-order valence-corrected chi connectivity index (χ0v) is 13.9. The smallest absolute Gasteiger partial charge is 0.126 e. The van der Waals surface area contributed by atoms with E-state index in [1.165, 1.54) is 5.56 Å². The third kappa shape index (κ3) is 4.10. The molecule has 2 rings (SSSR count). The lowest BCUT2D eigenvalue weighted by molar-refractivity contribution is 0.250. The molecule has 1 atom stereocenters. The number of pyridine rings is 1. The molecule has 0 aliphatic heterocycles. The van der Waals surface area contributed by atoms with Gasteiger partial charge in [0, 0.05) is 24.7 Å². The van der Waals surface area contributed by atoms with Crippen LogP contribution in [0.3, 0.4) is 0 Å². The first-order valence-corrected chi connectivity index (χ1v) is 7.55. The van der Waals surface area contributed by atoms with Crippen LogP contribution in [0.2, 0.25) is 10.0 Å². The molecule has 1 unspecified atom stereocenters. The number of halogens is 2. The second-order valence-corrected chi connectivity index (χ2v) is 5.86. The Hall–Kier alpha value is -1.29. The highest BCUT2D eigenvalue weighted by atomic mass is 35.5. The SMILES string of the molecule is CNc1ccc(Cl)c(CN(C)C(C)c2ccc(Cl)cc2)n1. The fraction of sp³-hybridized carbons (Fsp3) is 0.312. The van der Waals surface area contributed by atoms with Gasteiger partial charge < -0.3 is 5.32 Å². The van der Waals surface area contributed by atoms with Crippen molar-refractivity contribution < 1.29 is 0 Å². The maximum atomic E-state index is 6.23. The number of hydrogen-bond donors (Lipinski definition) is 1. The summed E-state index contributed by atoms with van der Waals surface area (Å²) in [6.45, 7) is 2.83. The highest BCUT2D eigenvalue weighted by molar-refractivity contribution is 6.31. The number of hydrogen-bond acceptors (Lipinski definition) is 3. The van der Waals surface area contributed by atoms with Crippen LogP contribution in [0.1, 0.15) is 24.2 Å². The first-order chi connectivity index (χ1) is 10.0. The lowest BCUT2D eigenvalue weighted by Crippen LogP contribution is -2.22. The molecule has 0 aliphatic rings. The van der Waals surface area contributed by atoms with Crippen LogP contribution in [-0.4, -0.2) is 24.0 Å². The standard InChI is InChI=1S/C16H19Cl2N3/c1-11(12-4-6-13(17)7-5-12)21(3)10-15-14(18)8-9-16(19-2)20-15/h4-9,11H,10H2,1-3H3,(H,19,20). The van der Waals surface area contributed by atoms with E-state index in [0.29, 0.717) is 11.6 Å². The predicted octanol–water partition coefficient (Wildman–Crippen LogP) is 4.62. The van der Waals surface area contributed by atoms with Gasteiger partial charge in [-0.25, -0.2) is 4.98 Å². The first kappa shape index (κ1) is 16.1. The van der Waals surface area contributed by atoms with Crippen molar-refractivity contribution in [3.8, 4) is 0 Å². The fourth-order valence-electron chi connectivity index (χ4n) is 2.10. The van der Waals surface area contributed by atoms with Gasteiger partial charge in [0.1, 0.15) is 5.82 Å². The Kier molecular flexibility index (Phi) is 5.45. The Balaban J connectivity index is 2.13. The Morgan fingerprint density at radius 2 is 1.81 bits per heavy atom. The molecule has 2 aromatic rings. The van der Waals surface area contributed by atoms with Gasteiger partial charge in [-0.15, -0.1) is 0 Å². The molecule has 1 aromatic heterocycles. The molecular weight excluding hydrogens is 305 g/mol. The van der Waals surface area contributed by atoms with E-state index in [2.05, 4.69) is 29.2 Å². The summed E-state index contributed by atoms with van der Waals surface area (Å²) in [5, 5.41) is 4.47. The molecular formula is C16H19Cl2N3. The molecule has 0 fully saturated rings. The van der Waals surface area contributed by atoms with Crippen molar-refractivity contribution in [3.63, 3.8) is 0 Å². The van der Waals surface area contributed by atoms with Gasteiger partial charge in [-0.3, -0.25) is 4.90 Å². The number of anilines is 1. The van der Waals surface area contributed by atoms with E-state index in [9.17, 15) is 0 Å². The van der Waals surface area contributed by atoms with E-state index in [1.807, 2.05) is 43.4 Å². The topological polar surface area (TPSA) is 28.2 Å². The number of nitrogens with zero attached hydrogens (tertiary/aromatic N) is 2. The highest BCUT2D eigenvalue weighted by Crippen LogP contribution is 2.24. The quantitative estimate of drug-likeness (QED) is 0.869. The van der Waals surface area contributed by atoms with E-state index in [4.69, 9.17) is 23.2 Å². The molecule has 3 nitrogen and oxygen atoms in total. The largest absolute Gasteiger partial charge is 0.373 e. The van der Waals surface area contributed by atoms with Crippen molar-refractivity contribution in [1.29, 1.82) is 0 Å². The zero-order valence-electron chi connectivity index (χ0n) is 12.4. The summed E-state index contributed by atoms with van der Waals surface area (Å²) in [7, 11) is 3.91. The number of benzene rings is 1. The van der Waals surface area contributed by atoms with Gasteiger partial charge in [-0.1, -0.05) is 35.3 Å². The van der Waals surface area contributed by atoms with E-state index < -0.39 is 0 Å². The van der Waals surface area contributed by atoms with Crippen LogP contribution in [0, 0.1) is 0 Å². The molecule has 0 saturated carbocycles. The lowest BCUT2D eigenvalue weighted by Gasteiger charge is -2.25. The second-order valence-electron chi connectivity index (χ2n) is 5.02. The minimum Gasteiger partial charge on any atom is -0.373 e. The first-order valence-electron chi connectivity index (χ1n) is 6.80. The van der Waals surface area contributed by atoms with Crippen molar-refractivity contribution in [2.75, 3.05) is 19.4 Å². The monoisotopic (exact) mass is 323 g/mol. The number of aromatic nitrogens is 1. The number of rotatable bonds is 5.